The molecule has 0 atom stereocenters. The van der Waals surface area contributed by atoms with Gasteiger partial charge in [0.25, 0.3) is 47.3 Å². The average Bonchev–Trinajstić information content (AvgIpc) is 1.70. The highest BCUT2D eigenvalue weighted by Gasteiger charge is 2.34. The average molecular weight is 2130 g/mol. The van der Waals surface area contributed by atoms with Crippen LogP contribution in [0.3, 0.4) is 0 Å². The number of hydrazine groups is 1. The van der Waals surface area contributed by atoms with Gasteiger partial charge in [-0.2, -0.15) is 20.4 Å². The van der Waals surface area contributed by atoms with Crippen LogP contribution in [0.4, 0.5) is 39.5 Å². The molecule has 52 heteroatoms. The Morgan fingerprint density at radius 3 is 0.891 bits per heavy atom. The number of thiophene rings is 8. The van der Waals surface area contributed by atoms with E-state index in [9.17, 15) is 113 Å². The van der Waals surface area contributed by atoms with Crippen molar-refractivity contribution in [3.8, 4) is 82.0 Å². The van der Waals surface area contributed by atoms with Gasteiger partial charge >= 0.3 is 37.0 Å². The van der Waals surface area contributed by atoms with Crippen LogP contribution in [0.25, 0.3) is 41.8 Å². The van der Waals surface area contributed by atoms with Crippen LogP contribution in [-0.4, -0.2) is 194 Å². The van der Waals surface area contributed by atoms with Gasteiger partial charge in [-0.1, -0.05) is 28.1 Å². The molecule has 726 valence electrons. The van der Waals surface area contributed by atoms with E-state index in [2.05, 4.69) is 88.3 Å². The zero-order valence-corrected chi connectivity index (χ0v) is 79.9. The summed E-state index contributed by atoms with van der Waals surface area (Å²) in [5.41, 5.74) is 17.1. The first-order chi connectivity index (χ1) is 65.0. The Hall–Kier alpha value is -14.3. The zero-order valence-electron chi connectivity index (χ0n) is 71.8. The number of benzene rings is 4. The maximum Gasteiger partial charge on any atom is 0.573 e. The summed E-state index contributed by atoms with van der Waals surface area (Å²) in [6, 6.07) is 34.3. The van der Waals surface area contributed by atoms with Crippen molar-refractivity contribution in [3.05, 3.63) is 233 Å². The minimum Gasteiger partial charge on any atom is -0.506 e. The van der Waals surface area contributed by atoms with E-state index in [4.69, 9.17) is 15.3 Å². The molecule has 12 rings (SSSR count). The van der Waals surface area contributed by atoms with Gasteiger partial charge in [0.2, 0.25) is 0 Å². The van der Waals surface area contributed by atoms with Crippen molar-refractivity contribution < 1.29 is 142 Å². The topological polar surface area (TPSA) is 497 Å². The first-order valence-electron chi connectivity index (χ1n) is 38.8. The van der Waals surface area contributed by atoms with Gasteiger partial charge in [0.1, 0.15) is 46.8 Å². The van der Waals surface area contributed by atoms with Crippen molar-refractivity contribution >= 4 is 195 Å². The predicted octanol–water partition coefficient (Wildman–Crippen LogP) is 17.6. The first kappa shape index (κ1) is 107. The summed E-state index contributed by atoms with van der Waals surface area (Å²) in [4.78, 5) is 135. The molecule has 4 aromatic carbocycles. The van der Waals surface area contributed by atoms with Gasteiger partial charge in [-0.05, 0) is 183 Å². The zero-order chi connectivity index (χ0) is 101. The number of carboxylic acids is 3. The van der Waals surface area contributed by atoms with Crippen molar-refractivity contribution in [2.45, 2.75) is 59.6 Å². The molecule has 0 radical (unpaired) electrons. The molecule has 8 amide bonds. The molecule has 34 nitrogen and oxygen atoms in total. The van der Waals surface area contributed by atoms with Crippen molar-refractivity contribution in [1.82, 2.24) is 47.7 Å². The Labute approximate surface area is 814 Å². The standard InChI is InChI=1S/C23H20F3N3O6S2.C22H18F3N3O6S2.C21H16F3N3O6S2.C20H19BrN4O3S2/c1-12(15-11-36-20(19(15)32)13-3-5-14(6-4-13)35-23(24,25)26)27-28-21(33)16-7-8-17(37-16)22(34)29(2)10-9-18(30)31;1-11(27-28-21(33)16-7-6-15(36-16)20(32)26-9-8-17(29)30)14-10-35-19(18(14)31)12-2-4-13(5-3-12)34-22(23,24)25;1-10(26-27-20(32)15-7-6-14(35-15)19(31)25-8-16(28)29)13-9-34-18(17(13)30)11-2-4-12(5-3-11)33-21(22,23)24;1-11(14-10-29-18(17(14)26)12-4-6-13(21)7-5-12)22-23-19(27)15-8-9-16(30-15)20(28)24-25(2)3/h3-8,11,32H,9-10H2,1-2H3,(H,28,33)(H,30,31);2-7,10,31H,8-9H2,1H3,(H,26,32)(H,28,33)(H,29,30);2-7,9,30H,8H2,1H3,(H,25,31)(H,27,32)(H,28,29);4-10,26H,1-3H3,(H,23,27)(H,24,28)/b27-12+;27-11+;26-10+;22-11+. The summed E-state index contributed by atoms with van der Waals surface area (Å²) < 4.78 is 123. The molecule has 138 heavy (non-hydrogen) atoms. The highest BCUT2D eigenvalue weighted by molar-refractivity contribution is 9.10. The number of carbonyl (C=O) groups is 11. The number of halogens is 10. The number of carboxylic acid groups (broad SMARTS) is 3. The van der Waals surface area contributed by atoms with Gasteiger partial charge in [-0.3, -0.25) is 58.2 Å². The fourth-order valence-corrected chi connectivity index (χ4v) is 18.6. The number of hydrazone groups is 4. The van der Waals surface area contributed by atoms with Crippen LogP contribution in [0.2, 0.25) is 0 Å². The third kappa shape index (κ3) is 31.7. The molecule has 0 aliphatic heterocycles. The van der Waals surface area contributed by atoms with Gasteiger partial charge in [0.05, 0.1) is 116 Å². The second kappa shape index (κ2) is 48.5. The van der Waals surface area contributed by atoms with Gasteiger partial charge in [0, 0.05) is 60.2 Å². The summed E-state index contributed by atoms with van der Waals surface area (Å²) in [6.07, 6.45) is -14.9. The summed E-state index contributed by atoms with van der Waals surface area (Å²) in [7, 11) is 4.88. The van der Waals surface area contributed by atoms with E-state index in [0.29, 0.717) is 69.0 Å². The highest BCUT2D eigenvalue weighted by Crippen LogP contribution is 2.44. The number of ether oxygens (including phenoxy) is 3. The van der Waals surface area contributed by atoms with Gasteiger partial charge in [0.15, 0.2) is 0 Å². The lowest BCUT2D eigenvalue weighted by Crippen LogP contribution is -2.35. The number of aliphatic carboxylic acids is 3. The van der Waals surface area contributed by atoms with Crippen molar-refractivity contribution in [1.29, 1.82) is 0 Å². The number of carbonyl (C=O) groups excluding carboxylic acids is 8. The molecule has 0 saturated heterocycles. The third-order valence-corrected chi connectivity index (χ3v) is 26.6. The van der Waals surface area contributed by atoms with E-state index in [1.165, 1.54) is 108 Å². The van der Waals surface area contributed by atoms with Gasteiger partial charge < -0.3 is 65.5 Å². The largest absolute Gasteiger partial charge is 0.573 e. The second-order valence-corrected chi connectivity index (χ2v) is 36.7. The molecule has 14 N–H and O–H groups in total. The summed E-state index contributed by atoms with van der Waals surface area (Å²) in [6.45, 7) is 5.75. The molecule has 0 bridgehead atoms. The van der Waals surface area contributed by atoms with E-state index in [-0.39, 0.29) is 101 Å². The van der Waals surface area contributed by atoms with E-state index < -0.39 is 102 Å². The predicted molar refractivity (Wildman–Crippen MR) is 504 cm³/mol. The van der Waals surface area contributed by atoms with Gasteiger partial charge in [-0.15, -0.1) is 130 Å². The number of amides is 8. The first-order valence-corrected chi connectivity index (χ1v) is 46.4. The molecule has 0 unspecified atom stereocenters. The third-order valence-electron chi connectivity index (χ3n) is 17.6. The molecule has 12 aromatic rings. The number of hydrogen-bond acceptors (Lipinski definition) is 31. The Morgan fingerprint density at radius 2 is 0.616 bits per heavy atom. The normalized spacial score (nSPS) is 11.7. The molecular weight excluding hydrogens is 2060 g/mol. The molecule has 0 fully saturated rings. The smallest absolute Gasteiger partial charge is 0.506 e. The number of rotatable bonds is 32. The van der Waals surface area contributed by atoms with Crippen LogP contribution in [0.1, 0.15) is 140 Å². The molecule has 0 aliphatic rings. The number of aromatic hydroxyl groups is 4. The maximum atomic E-state index is 12.5. The lowest BCUT2D eigenvalue weighted by Gasteiger charge is -2.14. The number of nitrogens with zero attached hydrogens (tertiary/aromatic N) is 6. The number of alkyl halides is 9. The summed E-state index contributed by atoms with van der Waals surface area (Å²) in [5, 5.41) is 97.1. The SMILES string of the molecule is C/C(=N\NC(=O)c1ccc(C(=O)N(C)CCC(=O)O)s1)c1csc(-c2ccc(OC(F)(F)F)cc2)c1O.C/C(=N\NC(=O)c1ccc(C(=O)NCC(=O)O)s1)c1csc(-c2ccc(OC(F)(F)F)cc2)c1O.C/C(=N\NC(=O)c1ccc(C(=O)NCCC(=O)O)s1)c1csc(-c2ccc(OC(F)(F)F)cc2)c1O.C/C(=N\NC(=O)c1ccc(C(=O)NN(C)C)s1)c1csc(-c2ccc(Br)cc2)c1O. The number of hydrogen-bond donors (Lipinski definition) is 14. The Bertz CT molecular complexity index is 6580. The Morgan fingerprint density at radius 1 is 0.355 bits per heavy atom. The van der Waals surface area contributed by atoms with Crippen LogP contribution in [0.15, 0.2) is 192 Å². The molecule has 0 spiro atoms. The summed E-state index contributed by atoms with van der Waals surface area (Å²) in [5.74, 6) is -8.89. The van der Waals surface area contributed by atoms with E-state index in [1.54, 1.807) is 68.5 Å². The molecule has 8 heterocycles. The maximum absolute atomic E-state index is 12.5. The van der Waals surface area contributed by atoms with E-state index in [0.717, 1.165) is 131 Å². The monoisotopic (exact) mass is 2130 g/mol. The van der Waals surface area contributed by atoms with Crippen LogP contribution in [0, 0.1) is 0 Å². The van der Waals surface area contributed by atoms with Gasteiger partial charge in [-0.25, -0.2) is 26.7 Å². The van der Waals surface area contributed by atoms with Crippen LogP contribution in [-0.2, 0) is 14.4 Å². The van der Waals surface area contributed by atoms with Crippen molar-refractivity contribution in [2.24, 2.45) is 20.4 Å². The summed E-state index contributed by atoms with van der Waals surface area (Å²) >= 11 is 11.9. The molecule has 8 aromatic heterocycles. The lowest BCUT2D eigenvalue weighted by molar-refractivity contribution is -0.275. The molecule has 0 aliphatic carbocycles. The minimum absolute atomic E-state index is 0.0225. The van der Waals surface area contributed by atoms with Crippen LogP contribution < -0.4 is 52.0 Å². The fourth-order valence-electron chi connectivity index (χ4n) is 11.0. The van der Waals surface area contributed by atoms with Crippen LogP contribution in [0.5, 0.6) is 40.2 Å². The van der Waals surface area contributed by atoms with Crippen LogP contribution >= 0.6 is 107 Å². The van der Waals surface area contributed by atoms with Crippen molar-refractivity contribution in [3.63, 3.8) is 0 Å². The van der Waals surface area contributed by atoms with Crippen molar-refractivity contribution in [2.75, 3.05) is 40.8 Å². The van der Waals surface area contributed by atoms with E-state index >= 15 is 0 Å². The lowest BCUT2D eigenvalue weighted by atomic mass is 10.1. The minimum atomic E-state index is -4.81. The Balaban J connectivity index is 0.000000206. The molecule has 0 saturated carbocycles. The second-order valence-electron chi connectivity index (χ2n) is 27.9. The quantitative estimate of drug-likeness (QED) is 0.0106. The Kier molecular flexibility index (Phi) is 37.7. The highest BCUT2D eigenvalue weighted by atomic mass is 79.9. The molecular formula is C86H73BrF9N13O21S8. The van der Waals surface area contributed by atoms with E-state index in [1.807, 2.05) is 24.3 Å². The fraction of sp³-hybridized carbons (Fsp3) is 0.174. The number of nitrogens with one attached hydrogen (secondary N) is 7.